The lowest BCUT2D eigenvalue weighted by molar-refractivity contribution is 0.310. The van der Waals surface area contributed by atoms with Gasteiger partial charge in [-0.05, 0) is 44.2 Å². The van der Waals surface area contributed by atoms with Crippen molar-refractivity contribution in [3.05, 3.63) is 24.3 Å². The Balaban J connectivity index is 1.86. The maximum Gasteiger partial charge on any atom is 0.152 e. The number of hydrogen-bond donors (Lipinski definition) is 1. The fraction of sp³-hybridized carbons (Fsp3) is 0.647. The van der Waals surface area contributed by atoms with Gasteiger partial charge >= 0.3 is 0 Å². The zero-order chi connectivity index (χ0) is 17.4. The SMILES string of the molecule is CCOc1ccc(N2CCCN(CCS(=O)(=O)CCN)CC2)cc1. The summed E-state index contributed by atoms with van der Waals surface area (Å²) in [6, 6.07) is 8.18. The highest BCUT2D eigenvalue weighted by Crippen LogP contribution is 2.20. The maximum atomic E-state index is 11.8. The highest BCUT2D eigenvalue weighted by atomic mass is 32.2. The van der Waals surface area contributed by atoms with Crippen molar-refractivity contribution in [1.29, 1.82) is 0 Å². The molecule has 0 unspecified atom stereocenters. The molecule has 1 aromatic rings. The highest BCUT2D eigenvalue weighted by Gasteiger charge is 2.17. The van der Waals surface area contributed by atoms with Crippen LogP contribution in [0.4, 0.5) is 5.69 Å². The lowest BCUT2D eigenvalue weighted by Gasteiger charge is -2.24. The highest BCUT2D eigenvalue weighted by molar-refractivity contribution is 7.91. The molecule has 1 heterocycles. The minimum Gasteiger partial charge on any atom is -0.494 e. The largest absolute Gasteiger partial charge is 0.494 e. The molecule has 0 aliphatic carbocycles. The smallest absolute Gasteiger partial charge is 0.152 e. The van der Waals surface area contributed by atoms with E-state index in [1.165, 1.54) is 5.69 Å². The first-order valence-electron chi connectivity index (χ1n) is 8.64. The molecule has 0 amide bonds. The van der Waals surface area contributed by atoms with Gasteiger partial charge in [0.25, 0.3) is 0 Å². The molecule has 1 aromatic carbocycles. The predicted octanol–water partition coefficient (Wildman–Crippen LogP) is 0.971. The molecule has 0 aromatic heterocycles. The van der Waals surface area contributed by atoms with Gasteiger partial charge in [0.2, 0.25) is 0 Å². The molecule has 7 heteroatoms. The van der Waals surface area contributed by atoms with E-state index in [9.17, 15) is 8.42 Å². The summed E-state index contributed by atoms with van der Waals surface area (Å²) in [5.41, 5.74) is 6.54. The Kier molecular flexibility index (Phi) is 7.33. The molecule has 1 aliphatic heterocycles. The van der Waals surface area contributed by atoms with Crippen molar-refractivity contribution in [2.24, 2.45) is 5.73 Å². The van der Waals surface area contributed by atoms with Gasteiger partial charge in [0, 0.05) is 38.4 Å². The monoisotopic (exact) mass is 355 g/mol. The Bertz CT molecular complexity index is 590. The molecule has 136 valence electrons. The Morgan fingerprint density at radius 3 is 2.50 bits per heavy atom. The van der Waals surface area contributed by atoms with E-state index in [4.69, 9.17) is 10.5 Å². The molecule has 24 heavy (non-hydrogen) atoms. The van der Waals surface area contributed by atoms with Gasteiger partial charge in [-0.25, -0.2) is 8.42 Å². The molecule has 1 saturated heterocycles. The topological polar surface area (TPSA) is 75.9 Å². The minimum absolute atomic E-state index is 0.0825. The van der Waals surface area contributed by atoms with Crippen molar-refractivity contribution in [2.75, 3.05) is 62.3 Å². The van der Waals surface area contributed by atoms with Gasteiger partial charge in [-0.2, -0.15) is 0 Å². The third-order valence-corrected chi connectivity index (χ3v) is 5.91. The number of nitrogens with zero attached hydrogens (tertiary/aromatic N) is 2. The van der Waals surface area contributed by atoms with E-state index in [2.05, 4.69) is 21.9 Å². The van der Waals surface area contributed by atoms with Crippen LogP contribution in [0.1, 0.15) is 13.3 Å². The van der Waals surface area contributed by atoms with Gasteiger partial charge in [-0.3, -0.25) is 0 Å². The molecule has 0 spiro atoms. The summed E-state index contributed by atoms with van der Waals surface area (Å²) >= 11 is 0. The normalized spacial score (nSPS) is 16.8. The summed E-state index contributed by atoms with van der Waals surface area (Å²) in [4.78, 5) is 4.59. The van der Waals surface area contributed by atoms with Crippen molar-refractivity contribution >= 4 is 15.5 Å². The average molecular weight is 356 g/mol. The maximum absolute atomic E-state index is 11.8. The molecule has 2 rings (SSSR count). The molecular weight excluding hydrogens is 326 g/mol. The average Bonchev–Trinajstić information content (AvgIpc) is 2.80. The zero-order valence-corrected chi connectivity index (χ0v) is 15.3. The second-order valence-corrected chi connectivity index (χ2v) is 8.35. The molecule has 0 atom stereocenters. The van der Waals surface area contributed by atoms with Gasteiger partial charge in [0.15, 0.2) is 9.84 Å². The van der Waals surface area contributed by atoms with Gasteiger partial charge < -0.3 is 20.3 Å². The van der Waals surface area contributed by atoms with Crippen molar-refractivity contribution in [2.45, 2.75) is 13.3 Å². The van der Waals surface area contributed by atoms with Crippen LogP contribution in [0.3, 0.4) is 0 Å². The zero-order valence-electron chi connectivity index (χ0n) is 14.5. The Morgan fingerprint density at radius 2 is 1.83 bits per heavy atom. The molecular formula is C17H29N3O3S. The Morgan fingerprint density at radius 1 is 1.08 bits per heavy atom. The van der Waals surface area contributed by atoms with E-state index in [1.54, 1.807) is 0 Å². The first-order chi connectivity index (χ1) is 11.5. The van der Waals surface area contributed by atoms with E-state index in [0.717, 1.165) is 38.3 Å². The lowest BCUT2D eigenvalue weighted by atomic mass is 10.2. The number of sulfone groups is 1. The van der Waals surface area contributed by atoms with Crippen molar-refractivity contribution in [3.63, 3.8) is 0 Å². The molecule has 1 fully saturated rings. The van der Waals surface area contributed by atoms with Crippen LogP contribution < -0.4 is 15.4 Å². The third-order valence-electron chi connectivity index (χ3n) is 4.25. The first-order valence-corrected chi connectivity index (χ1v) is 10.5. The van der Waals surface area contributed by atoms with Crippen molar-refractivity contribution in [1.82, 2.24) is 4.90 Å². The number of hydrogen-bond acceptors (Lipinski definition) is 6. The molecule has 1 aliphatic rings. The summed E-state index contributed by atoms with van der Waals surface area (Å²) in [5, 5.41) is 0. The molecule has 0 bridgehead atoms. The van der Waals surface area contributed by atoms with Gasteiger partial charge in [-0.15, -0.1) is 0 Å². The van der Waals surface area contributed by atoms with Crippen LogP contribution >= 0.6 is 0 Å². The fourth-order valence-corrected chi connectivity index (χ4v) is 4.02. The van der Waals surface area contributed by atoms with Crippen LogP contribution in [0.15, 0.2) is 24.3 Å². The van der Waals surface area contributed by atoms with E-state index >= 15 is 0 Å². The number of benzene rings is 1. The minimum atomic E-state index is -3.01. The molecule has 0 radical (unpaired) electrons. The summed E-state index contributed by atoms with van der Waals surface area (Å²) < 4.78 is 29.1. The van der Waals surface area contributed by atoms with Crippen LogP contribution in [-0.4, -0.2) is 70.7 Å². The lowest BCUT2D eigenvalue weighted by Crippen LogP contribution is -2.34. The first kappa shape index (κ1) is 19.0. The second-order valence-electron chi connectivity index (χ2n) is 6.05. The predicted molar refractivity (Wildman–Crippen MR) is 98.6 cm³/mol. The summed E-state index contributed by atoms with van der Waals surface area (Å²) in [5.74, 6) is 1.18. The third kappa shape index (κ3) is 5.96. The Labute approximate surface area is 145 Å². The van der Waals surface area contributed by atoms with Crippen molar-refractivity contribution in [3.8, 4) is 5.75 Å². The summed E-state index contributed by atoms with van der Waals surface area (Å²) in [6.45, 7) is 7.16. The van der Waals surface area contributed by atoms with E-state index in [1.807, 2.05) is 19.1 Å². The van der Waals surface area contributed by atoms with E-state index in [0.29, 0.717) is 13.2 Å². The van der Waals surface area contributed by atoms with Crippen LogP contribution in [0.5, 0.6) is 5.75 Å². The number of nitrogens with two attached hydrogens (primary N) is 1. The molecule has 6 nitrogen and oxygen atoms in total. The van der Waals surface area contributed by atoms with Crippen LogP contribution in [0, 0.1) is 0 Å². The van der Waals surface area contributed by atoms with E-state index < -0.39 is 9.84 Å². The molecule has 0 saturated carbocycles. The van der Waals surface area contributed by atoms with Crippen LogP contribution in [0.2, 0.25) is 0 Å². The number of rotatable bonds is 8. The van der Waals surface area contributed by atoms with Crippen molar-refractivity contribution < 1.29 is 13.2 Å². The van der Waals surface area contributed by atoms with Gasteiger partial charge in [0.1, 0.15) is 5.75 Å². The number of anilines is 1. The molecule has 2 N–H and O–H groups in total. The second kappa shape index (κ2) is 9.25. The Hall–Kier alpha value is -1.31. The summed E-state index contributed by atoms with van der Waals surface area (Å²) in [7, 11) is -3.01. The summed E-state index contributed by atoms with van der Waals surface area (Å²) in [6.07, 6.45) is 1.03. The van der Waals surface area contributed by atoms with E-state index in [-0.39, 0.29) is 18.1 Å². The standard InChI is InChI=1S/C17H29N3O3S/c1-2-23-17-6-4-16(5-7-17)20-10-3-9-19(11-12-20)13-15-24(21,22)14-8-18/h4-7H,2-3,8-15,18H2,1H3. The quantitative estimate of drug-likeness (QED) is 0.749. The van der Waals surface area contributed by atoms with Crippen LogP contribution in [-0.2, 0) is 9.84 Å². The van der Waals surface area contributed by atoms with Gasteiger partial charge in [0.05, 0.1) is 18.1 Å². The van der Waals surface area contributed by atoms with Gasteiger partial charge in [-0.1, -0.05) is 0 Å². The number of ether oxygens (including phenoxy) is 1. The van der Waals surface area contributed by atoms with Crippen LogP contribution in [0.25, 0.3) is 0 Å². The fourth-order valence-electron chi connectivity index (χ4n) is 2.92.